The smallest absolute Gasteiger partial charge is 0.307 e. The molecule has 0 bridgehead atoms. The molecule has 0 saturated heterocycles. The van der Waals surface area contributed by atoms with Gasteiger partial charge >= 0.3 is 5.97 Å². The van der Waals surface area contributed by atoms with E-state index in [0.717, 1.165) is 18.7 Å². The van der Waals surface area contributed by atoms with Gasteiger partial charge in [0.1, 0.15) is 10.4 Å². The number of hydrogen-bond donors (Lipinski definition) is 1. The lowest BCUT2D eigenvalue weighted by Gasteiger charge is -2.02. The second-order valence-electron chi connectivity index (χ2n) is 3.39. The Morgan fingerprint density at radius 3 is 2.86 bits per heavy atom. The zero-order chi connectivity index (χ0) is 10.1. The van der Waals surface area contributed by atoms with E-state index in [1.165, 1.54) is 0 Å². The molecule has 5 heteroatoms. The van der Waals surface area contributed by atoms with Gasteiger partial charge in [-0.15, -0.1) is 0 Å². The van der Waals surface area contributed by atoms with Crippen LogP contribution in [0.25, 0.3) is 0 Å². The van der Waals surface area contributed by atoms with E-state index in [2.05, 4.69) is 25.9 Å². The number of carboxylic acids is 1. The second kappa shape index (κ2) is 3.65. The minimum Gasteiger partial charge on any atom is -0.481 e. The summed E-state index contributed by atoms with van der Waals surface area (Å²) in [6.45, 7) is 0. The van der Waals surface area contributed by atoms with Crippen LogP contribution >= 0.6 is 15.9 Å². The number of aromatic nitrogens is 2. The maximum Gasteiger partial charge on any atom is 0.307 e. The van der Waals surface area contributed by atoms with Crippen LogP contribution in [0.2, 0.25) is 0 Å². The quantitative estimate of drug-likeness (QED) is 0.838. The molecule has 74 valence electrons. The van der Waals surface area contributed by atoms with Crippen LogP contribution in [0, 0.1) is 0 Å². The van der Waals surface area contributed by atoms with Gasteiger partial charge in [0.25, 0.3) is 0 Å². The van der Waals surface area contributed by atoms with Crippen molar-refractivity contribution in [1.82, 2.24) is 9.97 Å². The molecule has 14 heavy (non-hydrogen) atoms. The number of hydrogen-bond acceptors (Lipinski definition) is 3. The van der Waals surface area contributed by atoms with E-state index in [9.17, 15) is 4.79 Å². The zero-order valence-electron chi connectivity index (χ0n) is 7.40. The molecule has 0 amide bonds. The van der Waals surface area contributed by atoms with E-state index in [-0.39, 0.29) is 6.42 Å². The van der Waals surface area contributed by atoms with Crippen molar-refractivity contribution >= 4 is 21.9 Å². The molecule has 0 spiro atoms. The van der Waals surface area contributed by atoms with Gasteiger partial charge in [-0.3, -0.25) is 4.79 Å². The first-order chi connectivity index (χ1) is 6.66. The minimum absolute atomic E-state index is 0.0362. The molecule has 0 aromatic carbocycles. The van der Waals surface area contributed by atoms with Crippen molar-refractivity contribution in [3.05, 3.63) is 22.2 Å². The van der Waals surface area contributed by atoms with Crippen LogP contribution in [-0.4, -0.2) is 21.0 Å². The Hall–Kier alpha value is -0.970. The van der Waals surface area contributed by atoms with E-state index in [0.29, 0.717) is 16.1 Å². The third kappa shape index (κ3) is 2.09. The number of halogens is 1. The molecule has 1 heterocycles. The summed E-state index contributed by atoms with van der Waals surface area (Å²) in [5.74, 6) is 0.449. The Morgan fingerprint density at radius 1 is 1.64 bits per heavy atom. The van der Waals surface area contributed by atoms with E-state index in [1.807, 2.05) is 0 Å². The van der Waals surface area contributed by atoms with Crippen LogP contribution < -0.4 is 0 Å². The van der Waals surface area contributed by atoms with Gasteiger partial charge in [0, 0.05) is 17.7 Å². The second-order valence-corrected chi connectivity index (χ2v) is 4.14. The topological polar surface area (TPSA) is 63.1 Å². The molecule has 0 atom stereocenters. The molecule has 0 radical (unpaired) electrons. The lowest BCUT2D eigenvalue weighted by atomic mass is 10.2. The first kappa shape index (κ1) is 9.58. The molecule has 0 unspecified atom stereocenters. The highest BCUT2D eigenvalue weighted by molar-refractivity contribution is 9.10. The van der Waals surface area contributed by atoms with E-state index < -0.39 is 5.97 Å². The monoisotopic (exact) mass is 256 g/mol. The van der Waals surface area contributed by atoms with Crippen LogP contribution in [0.5, 0.6) is 0 Å². The normalized spacial score (nSPS) is 15.5. The van der Waals surface area contributed by atoms with Gasteiger partial charge in [-0.2, -0.15) is 0 Å². The van der Waals surface area contributed by atoms with Gasteiger partial charge in [0.15, 0.2) is 0 Å². The molecule has 1 fully saturated rings. The van der Waals surface area contributed by atoms with Crippen molar-refractivity contribution in [2.75, 3.05) is 0 Å². The number of carbonyl (C=O) groups is 1. The fourth-order valence-corrected chi connectivity index (χ4v) is 1.64. The van der Waals surface area contributed by atoms with E-state index in [1.54, 1.807) is 6.20 Å². The predicted octanol–water partition coefficient (Wildman–Crippen LogP) is 1.74. The molecule has 1 saturated carbocycles. The van der Waals surface area contributed by atoms with E-state index >= 15 is 0 Å². The number of aliphatic carboxylic acids is 1. The van der Waals surface area contributed by atoms with Crippen molar-refractivity contribution < 1.29 is 9.90 Å². The number of nitrogens with zero attached hydrogens (tertiary/aromatic N) is 2. The van der Waals surface area contributed by atoms with Crippen molar-refractivity contribution in [3.63, 3.8) is 0 Å². The summed E-state index contributed by atoms with van der Waals surface area (Å²) in [5.41, 5.74) is 0.627. The Balaban J connectivity index is 2.21. The van der Waals surface area contributed by atoms with Crippen molar-refractivity contribution in [2.45, 2.75) is 25.2 Å². The molecule has 4 nitrogen and oxygen atoms in total. The van der Waals surface area contributed by atoms with Crippen molar-refractivity contribution in [1.29, 1.82) is 0 Å². The molecule has 1 aliphatic carbocycles. The predicted molar refractivity (Wildman–Crippen MR) is 53.0 cm³/mol. The number of carboxylic acid groups (broad SMARTS) is 1. The van der Waals surface area contributed by atoms with Gasteiger partial charge < -0.3 is 5.11 Å². The lowest BCUT2D eigenvalue weighted by molar-refractivity contribution is -0.136. The summed E-state index contributed by atoms with van der Waals surface area (Å²) in [7, 11) is 0. The van der Waals surface area contributed by atoms with E-state index in [4.69, 9.17) is 5.11 Å². The zero-order valence-corrected chi connectivity index (χ0v) is 8.99. The van der Waals surface area contributed by atoms with Crippen LogP contribution in [0.3, 0.4) is 0 Å². The average molecular weight is 257 g/mol. The highest BCUT2D eigenvalue weighted by Gasteiger charge is 2.27. The summed E-state index contributed by atoms with van der Waals surface area (Å²) in [4.78, 5) is 18.9. The third-order valence-corrected chi connectivity index (χ3v) is 2.80. The number of rotatable bonds is 3. The van der Waals surface area contributed by atoms with Gasteiger partial charge in [0.2, 0.25) is 0 Å². The van der Waals surface area contributed by atoms with Gasteiger partial charge in [-0.1, -0.05) is 0 Å². The van der Waals surface area contributed by atoms with Crippen LogP contribution in [0.15, 0.2) is 10.8 Å². The van der Waals surface area contributed by atoms with Crippen molar-refractivity contribution in [2.24, 2.45) is 0 Å². The minimum atomic E-state index is -0.867. The Bertz CT molecular complexity index is 377. The van der Waals surface area contributed by atoms with Gasteiger partial charge in [-0.05, 0) is 28.8 Å². The summed E-state index contributed by atoms with van der Waals surface area (Å²) in [6.07, 6.45) is 3.85. The molecule has 1 aliphatic rings. The summed E-state index contributed by atoms with van der Waals surface area (Å²) in [5, 5.41) is 8.61. The van der Waals surface area contributed by atoms with Gasteiger partial charge in [-0.25, -0.2) is 9.97 Å². The Labute approximate surface area is 89.5 Å². The van der Waals surface area contributed by atoms with Crippen LogP contribution in [0.4, 0.5) is 0 Å². The fourth-order valence-electron chi connectivity index (χ4n) is 1.22. The highest BCUT2D eigenvalue weighted by Crippen LogP contribution is 2.38. The first-order valence-corrected chi connectivity index (χ1v) is 5.19. The first-order valence-electron chi connectivity index (χ1n) is 4.40. The fraction of sp³-hybridized carbons (Fsp3) is 0.444. The summed E-state index contributed by atoms with van der Waals surface area (Å²) in [6, 6.07) is 0. The summed E-state index contributed by atoms with van der Waals surface area (Å²) >= 11 is 3.26. The Kier molecular flexibility index (Phi) is 2.50. The molecule has 1 aromatic rings. The molecule has 1 N–H and O–H groups in total. The standard InChI is InChI=1S/C9H9BrN2O2/c10-8-6(3-7(13)14)4-11-9(12-8)5-1-2-5/h4-5H,1-3H2,(H,13,14). The maximum absolute atomic E-state index is 10.5. The van der Waals surface area contributed by atoms with Crippen LogP contribution in [-0.2, 0) is 11.2 Å². The summed E-state index contributed by atoms with van der Waals surface area (Å²) < 4.78 is 0.608. The molecular weight excluding hydrogens is 248 g/mol. The lowest BCUT2D eigenvalue weighted by Crippen LogP contribution is -2.04. The van der Waals surface area contributed by atoms with Crippen molar-refractivity contribution in [3.8, 4) is 0 Å². The van der Waals surface area contributed by atoms with Crippen LogP contribution in [0.1, 0.15) is 30.1 Å². The third-order valence-electron chi connectivity index (χ3n) is 2.11. The largest absolute Gasteiger partial charge is 0.481 e. The molecule has 1 aromatic heterocycles. The Morgan fingerprint density at radius 2 is 2.36 bits per heavy atom. The maximum atomic E-state index is 10.5. The SMILES string of the molecule is O=C(O)Cc1cnc(C2CC2)nc1Br. The molecular formula is C9H9BrN2O2. The molecule has 2 rings (SSSR count). The molecule has 0 aliphatic heterocycles. The average Bonchev–Trinajstić information content (AvgIpc) is 2.90. The van der Waals surface area contributed by atoms with Gasteiger partial charge in [0.05, 0.1) is 6.42 Å². The highest BCUT2D eigenvalue weighted by atomic mass is 79.9.